The van der Waals surface area contributed by atoms with Gasteiger partial charge in [-0.1, -0.05) is 54.6 Å². The molecule has 0 aliphatic carbocycles. The van der Waals surface area contributed by atoms with Gasteiger partial charge in [-0.2, -0.15) is 0 Å². The molecule has 1 N–H and O–H groups in total. The summed E-state index contributed by atoms with van der Waals surface area (Å²) in [5.74, 6) is 0.167. The van der Waals surface area contributed by atoms with E-state index in [4.69, 9.17) is 0 Å². The van der Waals surface area contributed by atoms with Crippen LogP contribution >= 0.6 is 22.6 Å². The molecule has 0 spiro atoms. The molecular formula is C26H35IN4O2. The van der Waals surface area contributed by atoms with Crippen molar-refractivity contribution < 1.29 is 9.90 Å². The van der Waals surface area contributed by atoms with Gasteiger partial charge in [0, 0.05) is 44.3 Å². The molecule has 2 saturated heterocycles. The highest BCUT2D eigenvalue weighted by Crippen LogP contribution is 2.32. The largest absolute Gasteiger partial charge is 0.384 e. The lowest BCUT2D eigenvalue weighted by Crippen LogP contribution is -2.46. The lowest BCUT2D eigenvalue weighted by atomic mass is 9.93. The summed E-state index contributed by atoms with van der Waals surface area (Å²) < 4.78 is 1.08. The molecule has 7 heteroatoms. The molecule has 0 bridgehead atoms. The fourth-order valence-corrected chi connectivity index (χ4v) is 5.67. The minimum atomic E-state index is -0.901. The van der Waals surface area contributed by atoms with E-state index in [0.717, 1.165) is 49.3 Å². The summed E-state index contributed by atoms with van der Waals surface area (Å²) in [5, 5.41) is 10.7. The molecule has 2 aliphatic heterocycles. The molecule has 1 amide bonds. The Balaban J connectivity index is 1.44. The summed E-state index contributed by atoms with van der Waals surface area (Å²) in [6, 6.07) is 12.4. The van der Waals surface area contributed by atoms with E-state index < -0.39 is 5.60 Å². The van der Waals surface area contributed by atoms with Crippen molar-refractivity contribution in [1.29, 1.82) is 0 Å². The molecule has 1 aromatic carbocycles. The number of halogens is 1. The highest BCUT2D eigenvalue weighted by molar-refractivity contribution is 14.1. The second-order valence-electron chi connectivity index (χ2n) is 9.17. The topological polar surface area (TPSA) is 59.9 Å². The Kier molecular flexibility index (Phi) is 7.91. The van der Waals surface area contributed by atoms with Crippen molar-refractivity contribution in [3.8, 4) is 0 Å². The van der Waals surface area contributed by atoms with Gasteiger partial charge >= 0.3 is 0 Å². The number of pyridine rings is 1. The van der Waals surface area contributed by atoms with E-state index in [2.05, 4.69) is 61.6 Å². The number of anilines is 2. The summed E-state index contributed by atoms with van der Waals surface area (Å²) in [4.78, 5) is 24.6. The molecule has 178 valence electrons. The van der Waals surface area contributed by atoms with E-state index in [1.807, 2.05) is 30.9 Å². The number of aromatic nitrogens is 1. The Morgan fingerprint density at radius 2 is 1.79 bits per heavy atom. The maximum atomic E-state index is 13.3. The second kappa shape index (κ2) is 10.7. The van der Waals surface area contributed by atoms with E-state index in [0.29, 0.717) is 25.1 Å². The maximum absolute atomic E-state index is 13.3. The number of carbonyl (C=O) groups is 1. The van der Waals surface area contributed by atoms with Crippen LogP contribution in [0.3, 0.4) is 0 Å². The monoisotopic (exact) mass is 562 g/mol. The molecule has 6 nitrogen and oxygen atoms in total. The maximum Gasteiger partial charge on any atom is 0.230 e. The second-order valence-corrected chi connectivity index (χ2v) is 9.86. The number of aliphatic hydroxyl groups is 1. The summed E-state index contributed by atoms with van der Waals surface area (Å²) in [5.41, 5.74) is 3.15. The SMILES string of the molecule is CCC(O)(CC)c1ccc(N2CC[C@H](Cc3ccccc3N3CCN(CI)CC3)C2=O)cn1. The first-order valence-corrected chi connectivity index (χ1v) is 13.6. The Hall–Kier alpha value is -1.71. The summed E-state index contributed by atoms with van der Waals surface area (Å²) in [7, 11) is 0. The number of piperazine rings is 1. The molecule has 2 aliphatic rings. The lowest BCUT2D eigenvalue weighted by molar-refractivity contribution is -0.120. The zero-order chi connectivity index (χ0) is 23.4. The van der Waals surface area contributed by atoms with Gasteiger partial charge in [0.2, 0.25) is 5.91 Å². The van der Waals surface area contributed by atoms with Crippen LogP contribution in [0.1, 0.15) is 44.4 Å². The average molecular weight is 562 g/mol. The normalized spacial score (nSPS) is 20.0. The highest BCUT2D eigenvalue weighted by Gasteiger charge is 2.34. The van der Waals surface area contributed by atoms with E-state index in [1.54, 1.807) is 6.20 Å². The van der Waals surface area contributed by atoms with Gasteiger partial charge in [0.15, 0.2) is 0 Å². The summed E-state index contributed by atoms with van der Waals surface area (Å²) in [6.07, 6.45) is 4.60. The van der Waals surface area contributed by atoms with E-state index in [1.165, 1.54) is 11.3 Å². The first-order chi connectivity index (χ1) is 16.0. The van der Waals surface area contributed by atoms with Crippen molar-refractivity contribution in [2.45, 2.75) is 45.1 Å². The first kappa shape index (κ1) is 24.4. The Labute approximate surface area is 211 Å². The molecule has 33 heavy (non-hydrogen) atoms. The van der Waals surface area contributed by atoms with Crippen LogP contribution in [0.4, 0.5) is 11.4 Å². The Morgan fingerprint density at radius 3 is 2.42 bits per heavy atom. The number of carbonyl (C=O) groups excluding carboxylic acids is 1. The molecular weight excluding hydrogens is 527 g/mol. The molecule has 3 heterocycles. The quantitative estimate of drug-likeness (QED) is 0.297. The van der Waals surface area contributed by atoms with Gasteiger partial charge in [-0.3, -0.25) is 14.7 Å². The molecule has 0 saturated carbocycles. The zero-order valence-electron chi connectivity index (χ0n) is 19.7. The number of rotatable bonds is 8. The lowest BCUT2D eigenvalue weighted by Gasteiger charge is -2.36. The van der Waals surface area contributed by atoms with Gasteiger partial charge in [-0.15, -0.1) is 0 Å². The van der Waals surface area contributed by atoms with Crippen LogP contribution in [0.25, 0.3) is 0 Å². The van der Waals surface area contributed by atoms with Gasteiger partial charge in [-0.25, -0.2) is 0 Å². The standard InChI is InChI=1S/C26H35IN4O2/c1-3-26(33,4-2)24-10-9-22(18-28-24)31-12-11-21(25(31)32)17-20-7-5-6-8-23(20)30-15-13-29(19-27)14-16-30/h5-10,18,21,33H,3-4,11-17,19H2,1-2H3/t21-/m1/s1. The molecule has 0 unspecified atom stereocenters. The van der Waals surface area contributed by atoms with Crippen LogP contribution in [0.15, 0.2) is 42.6 Å². The molecule has 2 aromatic rings. The first-order valence-electron chi connectivity index (χ1n) is 12.1. The van der Waals surface area contributed by atoms with Crippen molar-refractivity contribution >= 4 is 39.9 Å². The predicted octanol–water partition coefficient (Wildman–Crippen LogP) is 4.20. The van der Waals surface area contributed by atoms with E-state index >= 15 is 0 Å². The Bertz CT molecular complexity index is 940. The van der Waals surface area contributed by atoms with Gasteiger partial charge in [0.05, 0.1) is 22.1 Å². The zero-order valence-corrected chi connectivity index (χ0v) is 21.9. The fourth-order valence-electron chi connectivity index (χ4n) is 4.98. The number of nitrogens with zero attached hydrogens (tertiary/aromatic N) is 4. The van der Waals surface area contributed by atoms with Crippen molar-refractivity contribution in [2.75, 3.05) is 47.1 Å². The van der Waals surface area contributed by atoms with Crippen molar-refractivity contribution in [3.05, 3.63) is 53.9 Å². The van der Waals surface area contributed by atoms with Crippen LogP contribution in [-0.2, 0) is 16.8 Å². The van der Waals surface area contributed by atoms with Crippen molar-refractivity contribution in [1.82, 2.24) is 9.88 Å². The van der Waals surface area contributed by atoms with Crippen molar-refractivity contribution in [3.63, 3.8) is 0 Å². The minimum absolute atomic E-state index is 0.00956. The van der Waals surface area contributed by atoms with Crippen LogP contribution in [0.2, 0.25) is 0 Å². The van der Waals surface area contributed by atoms with Crippen LogP contribution in [0, 0.1) is 5.92 Å². The molecule has 4 rings (SSSR count). The van der Waals surface area contributed by atoms with Crippen LogP contribution in [0.5, 0.6) is 0 Å². The molecule has 1 atom stereocenters. The number of benzene rings is 1. The third kappa shape index (κ3) is 5.20. The smallest absolute Gasteiger partial charge is 0.230 e. The third-order valence-electron chi connectivity index (χ3n) is 7.36. The highest BCUT2D eigenvalue weighted by atomic mass is 127. The molecule has 1 aromatic heterocycles. The average Bonchev–Trinajstić information content (AvgIpc) is 3.23. The van der Waals surface area contributed by atoms with E-state index in [9.17, 15) is 9.90 Å². The molecule has 2 fully saturated rings. The van der Waals surface area contributed by atoms with Crippen molar-refractivity contribution in [2.24, 2.45) is 5.92 Å². The van der Waals surface area contributed by atoms with Gasteiger partial charge in [-0.05, 0) is 49.4 Å². The number of hydrogen-bond donors (Lipinski definition) is 1. The minimum Gasteiger partial charge on any atom is -0.384 e. The number of hydrogen-bond acceptors (Lipinski definition) is 5. The number of para-hydroxylation sites is 1. The van der Waals surface area contributed by atoms with Gasteiger partial charge < -0.3 is 14.9 Å². The Morgan fingerprint density at radius 1 is 1.06 bits per heavy atom. The summed E-state index contributed by atoms with van der Waals surface area (Å²) in [6.45, 7) is 8.88. The predicted molar refractivity (Wildman–Crippen MR) is 142 cm³/mol. The van der Waals surface area contributed by atoms with Gasteiger partial charge in [0.25, 0.3) is 0 Å². The van der Waals surface area contributed by atoms with E-state index in [-0.39, 0.29) is 11.8 Å². The number of amides is 1. The molecule has 0 radical (unpaired) electrons. The number of alkyl halides is 1. The fraction of sp³-hybridized carbons (Fsp3) is 0.538. The van der Waals surface area contributed by atoms with Crippen LogP contribution in [-0.4, -0.2) is 58.2 Å². The van der Waals surface area contributed by atoms with Crippen LogP contribution < -0.4 is 9.80 Å². The van der Waals surface area contributed by atoms with Gasteiger partial charge in [0.1, 0.15) is 5.60 Å². The third-order valence-corrected chi connectivity index (χ3v) is 8.33. The summed E-state index contributed by atoms with van der Waals surface area (Å²) >= 11 is 2.43.